The summed E-state index contributed by atoms with van der Waals surface area (Å²) in [6.45, 7) is 2.06. The Labute approximate surface area is 191 Å². The number of carbonyl (C=O) groups is 1. The van der Waals surface area contributed by atoms with Crippen LogP contribution < -0.4 is 0 Å². The van der Waals surface area contributed by atoms with Crippen LogP contribution in [0.3, 0.4) is 0 Å². The summed E-state index contributed by atoms with van der Waals surface area (Å²) < 4.78 is 56.6. The summed E-state index contributed by atoms with van der Waals surface area (Å²) in [4.78, 5) is 16.3. The minimum atomic E-state index is -1.54. The predicted molar refractivity (Wildman–Crippen MR) is 113 cm³/mol. The highest BCUT2D eigenvalue weighted by atomic mass is 19.2. The summed E-state index contributed by atoms with van der Waals surface area (Å²) in [5.74, 6) is -5.02. The van der Waals surface area contributed by atoms with Crippen molar-refractivity contribution in [1.29, 1.82) is 0 Å². The minimum Gasteiger partial charge on any atom is -0.330 e. The summed E-state index contributed by atoms with van der Waals surface area (Å²) in [5.41, 5.74) is 2.31. The molecule has 0 saturated carbocycles. The molecule has 2 aromatic carbocycles. The number of amides is 1. The van der Waals surface area contributed by atoms with Crippen LogP contribution in [0, 0.1) is 23.3 Å². The number of rotatable bonds is 3. The average molecular weight is 470 g/mol. The maximum atomic E-state index is 13.9. The third-order valence-corrected chi connectivity index (χ3v) is 5.98. The molecule has 0 bridgehead atoms. The molecule has 0 fully saturated rings. The van der Waals surface area contributed by atoms with Gasteiger partial charge >= 0.3 is 0 Å². The molecule has 0 N–H and O–H groups in total. The molecule has 1 amide bonds. The van der Waals surface area contributed by atoms with Crippen LogP contribution in [-0.2, 0) is 13.5 Å². The lowest BCUT2D eigenvalue weighted by Gasteiger charge is -2.33. The number of benzene rings is 2. The lowest BCUT2D eigenvalue weighted by Crippen LogP contribution is -2.39. The predicted octanol–water partition coefficient (Wildman–Crippen LogP) is 3.98. The Morgan fingerprint density at radius 1 is 1.03 bits per heavy atom. The first-order valence-electron chi connectivity index (χ1n) is 10.4. The fraction of sp³-hybridized carbons (Fsp3) is 0.217. The average Bonchev–Trinajstić information content (AvgIpc) is 3.45. The number of halogens is 4. The zero-order valence-corrected chi connectivity index (χ0v) is 18.1. The molecular weight excluding hydrogens is 452 g/mol. The first-order valence-corrected chi connectivity index (χ1v) is 10.4. The molecule has 1 unspecified atom stereocenters. The molecule has 34 heavy (non-hydrogen) atoms. The van der Waals surface area contributed by atoms with Crippen LogP contribution in [0.25, 0.3) is 16.9 Å². The quantitative estimate of drug-likeness (QED) is 0.336. The fourth-order valence-corrected chi connectivity index (χ4v) is 4.42. The molecule has 0 saturated heterocycles. The molecular formula is C23H18F4N6O. The number of hydrogen-bond donors (Lipinski definition) is 0. The van der Waals surface area contributed by atoms with Crippen molar-refractivity contribution in [2.45, 2.75) is 19.4 Å². The van der Waals surface area contributed by atoms with E-state index >= 15 is 0 Å². The number of carbonyl (C=O) groups excluding carboxylic acids is 1. The van der Waals surface area contributed by atoms with Gasteiger partial charge in [0.1, 0.15) is 11.5 Å². The number of aromatic nitrogens is 5. The smallest absolute Gasteiger partial charge is 0.256 e. The van der Waals surface area contributed by atoms with Gasteiger partial charge in [0.05, 0.1) is 35.4 Å². The maximum absolute atomic E-state index is 13.9. The second-order valence-corrected chi connectivity index (χ2v) is 7.99. The van der Waals surface area contributed by atoms with E-state index in [1.54, 1.807) is 18.9 Å². The van der Waals surface area contributed by atoms with Crippen molar-refractivity contribution < 1.29 is 22.4 Å². The van der Waals surface area contributed by atoms with Crippen molar-refractivity contribution in [1.82, 2.24) is 29.7 Å². The van der Waals surface area contributed by atoms with E-state index in [1.807, 2.05) is 0 Å². The normalized spacial score (nSPS) is 15.5. The molecule has 0 spiro atoms. The van der Waals surface area contributed by atoms with Gasteiger partial charge in [-0.15, -0.1) is 0 Å². The van der Waals surface area contributed by atoms with Gasteiger partial charge in [0.2, 0.25) is 0 Å². The molecule has 11 heteroatoms. The Hall–Kier alpha value is -4.02. The van der Waals surface area contributed by atoms with E-state index < -0.39 is 29.3 Å². The maximum Gasteiger partial charge on any atom is 0.256 e. The number of aryl methyl sites for hydroxylation is 1. The first-order chi connectivity index (χ1) is 16.3. The van der Waals surface area contributed by atoms with E-state index in [2.05, 4.69) is 15.3 Å². The van der Waals surface area contributed by atoms with E-state index in [0.29, 0.717) is 17.8 Å². The van der Waals surface area contributed by atoms with Gasteiger partial charge in [-0.05, 0) is 37.6 Å². The van der Waals surface area contributed by atoms with Gasteiger partial charge in [0.15, 0.2) is 17.5 Å². The van der Waals surface area contributed by atoms with Crippen molar-refractivity contribution in [3.8, 4) is 16.9 Å². The Morgan fingerprint density at radius 2 is 1.71 bits per heavy atom. The van der Waals surface area contributed by atoms with Gasteiger partial charge in [-0.3, -0.25) is 9.48 Å². The Bertz CT molecular complexity index is 1390. The lowest BCUT2D eigenvalue weighted by atomic mass is 9.94. The Balaban J connectivity index is 1.53. The summed E-state index contributed by atoms with van der Waals surface area (Å²) in [7, 11) is 1.62. The second kappa shape index (κ2) is 8.08. The molecule has 0 aliphatic carbocycles. The molecule has 4 aromatic rings. The minimum absolute atomic E-state index is 0.158. The third-order valence-electron chi connectivity index (χ3n) is 5.98. The zero-order valence-electron chi connectivity index (χ0n) is 18.1. The van der Waals surface area contributed by atoms with Gasteiger partial charge in [-0.25, -0.2) is 17.6 Å². The van der Waals surface area contributed by atoms with E-state index in [-0.39, 0.29) is 29.3 Å². The second-order valence-electron chi connectivity index (χ2n) is 7.99. The largest absolute Gasteiger partial charge is 0.330 e. The molecule has 0 radical (unpaired) electrons. The molecule has 3 heterocycles. The highest BCUT2D eigenvalue weighted by Gasteiger charge is 2.34. The molecule has 1 aliphatic heterocycles. The zero-order chi connectivity index (χ0) is 24.1. The number of hydrogen-bond acceptors (Lipinski definition) is 4. The van der Waals surface area contributed by atoms with Crippen LogP contribution in [0.15, 0.2) is 42.7 Å². The van der Waals surface area contributed by atoms with Crippen LogP contribution >= 0.6 is 0 Å². The molecule has 7 nitrogen and oxygen atoms in total. The fourth-order valence-electron chi connectivity index (χ4n) is 4.42. The summed E-state index contributed by atoms with van der Waals surface area (Å²) in [5, 5.41) is 12.5. The van der Waals surface area contributed by atoms with E-state index in [9.17, 15) is 22.4 Å². The van der Waals surface area contributed by atoms with Crippen molar-refractivity contribution in [3.63, 3.8) is 0 Å². The number of nitrogens with zero attached hydrogens (tertiary/aromatic N) is 6. The van der Waals surface area contributed by atoms with Crippen molar-refractivity contribution in [2.24, 2.45) is 7.05 Å². The molecule has 1 aliphatic rings. The van der Waals surface area contributed by atoms with Crippen LogP contribution in [0.2, 0.25) is 0 Å². The molecule has 5 rings (SSSR count). The lowest BCUT2D eigenvalue weighted by molar-refractivity contribution is 0.0673. The summed E-state index contributed by atoms with van der Waals surface area (Å²) in [6, 6.07) is 5.13. The van der Waals surface area contributed by atoms with Crippen LogP contribution in [0.4, 0.5) is 17.6 Å². The standard InChI is InChI=1S/C23H18F4N6O/c1-12-21-16(22(31(2)30-21)13-9-17(25)20(27)18(26)10-13)5-8-32(12)23(34)15-4-3-14(24)11-19(15)33-28-6-7-29-33/h3-4,6-7,9-12H,5,8H2,1-2H3. The highest BCUT2D eigenvalue weighted by Crippen LogP contribution is 2.37. The van der Waals surface area contributed by atoms with E-state index in [1.165, 1.54) is 40.1 Å². The number of fused-ring (bicyclic) bond motifs is 1. The van der Waals surface area contributed by atoms with Crippen LogP contribution in [0.5, 0.6) is 0 Å². The summed E-state index contributed by atoms with van der Waals surface area (Å²) >= 11 is 0. The Morgan fingerprint density at radius 3 is 2.38 bits per heavy atom. The summed E-state index contributed by atoms with van der Waals surface area (Å²) in [6.07, 6.45) is 3.20. The molecule has 1 atom stereocenters. The monoisotopic (exact) mass is 470 g/mol. The van der Waals surface area contributed by atoms with E-state index in [4.69, 9.17) is 0 Å². The van der Waals surface area contributed by atoms with Crippen LogP contribution in [0.1, 0.15) is 34.6 Å². The van der Waals surface area contributed by atoms with Gasteiger partial charge in [-0.2, -0.15) is 20.1 Å². The van der Waals surface area contributed by atoms with E-state index in [0.717, 1.165) is 17.7 Å². The molecule has 174 valence electrons. The Kier molecular flexibility index (Phi) is 5.18. The van der Waals surface area contributed by atoms with Crippen molar-refractivity contribution >= 4 is 5.91 Å². The van der Waals surface area contributed by atoms with Gasteiger partial charge < -0.3 is 4.90 Å². The van der Waals surface area contributed by atoms with Gasteiger partial charge in [0.25, 0.3) is 5.91 Å². The highest BCUT2D eigenvalue weighted by molar-refractivity contribution is 5.98. The SMILES string of the molecule is CC1c2nn(C)c(-c3cc(F)c(F)c(F)c3)c2CCN1C(=O)c1ccc(F)cc1-n1nccn1. The first kappa shape index (κ1) is 21.8. The third kappa shape index (κ3) is 3.44. The van der Waals surface area contributed by atoms with Gasteiger partial charge in [-0.1, -0.05) is 0 Å². The topological polar surface area (TPSA) is 68.8 Å². The molecule has 2 aromatic heterocycles. The van der Waals surface area contributed by atoms with Crippen molar-refractivity contribution in [2.75, 3.05) is 6.54 Å². The van der Waals surface area contributed by atoms with Crippen LogP contribution in [-0.4, -0.2) is 42.1 Å². The van der Waals surface area contributed by atoms with Gasteiger partial charge in [0, 0.05) is 30.8 Å². The van der Waals surface area contributed by atoms with Crippen molar-refractivity contribution in [3.05, 3.63) is 82.8 Å².